The van der Waals surface area contributed by atoms with Crippen LogP contribution in [0.5, 0.6) is 0 Å². The predicted octanol–water partition coefficient (Wildman–Crippen LogP) is 1.77. The third-order valence-electron chi connectivity index (χ3n) is 3.33. The van der Waals surface area contributed by atoms with Gasteiger partial charge in [0.05, 0.1) is 0 Å². The second-order valence-electron chi connectivity index (χ2n) is 5.28. The van der Waals surface area contributed by atoms with Gasteiger partial charge in [-0.2, -0.15) is 0 Å². The summed E-state index contributed by atoms with van der Waals surface area (Å²) in [7, 11) is 4.23. The van der Waals surface area contributed by atoms with Crippen LogP contribution >= 0.6 is 0 Å². The number of piperidine rings is 1. The third-order valence-corrected chi connectivity index (χ3v) is 3.33. The SMILES string of the molecule is CCCCNC(=O)N1CCC(CN(C)C)CC1. The van der Waals surface area contributed by atoms with Crippen molar-refractivity contribution in [1.82, 2.24) is 15.1 Å². The average Bonchev–Trinajstić information content (AvgIpc) is 2.29. The fourth-order valence-electron chi connectivity index (χ4n) is 2.32. The van der Waals surface area contributed by atoms with E-state index in [2.05, 4.69) is 31.2 Å². The summed E-state index contributed by atoms with van der Waals surface area (Å²) in [5, 5.41) is 2.99. The molecule has 0 aliphatic carbocycles. The monoisotopic (exact) mass is 241 g/mol. The molecule has 0 atom stereocenters. The molecule has 0 saturated carbocycles. The maximum atomic E-state index is 11.8. The first-order valence-corrected chi connectivity index (χ1v) is 6.81. The number of rotatable bonds is 5. The van der Waals surface area contributed by atoms with Gasteiger partial charge in [0.25, 0.3) is 0 Å². The lowest BCUT2D eigenvalue weighted by Crippen LogP contribution is -2.45. The Kier molecular flexibility index (Phi) is 6.34. The van der Waals surface area contributed by atoms with Crippen molar-refractivity contribution in [3.8, 4) is 0 Å². The molecule has 1 aliphatic heterocycles. The number of urea groups is 1. The van der Waals surface area contributed by atoms with Crippen molar-refractivity contribution in [3.63, 3.8) is 0 Å². The minimum atomic E-state index is 0.127. The molecule has 0 unspecified atom stereocenters. The number of nitrogens with zero attached hydrogens (tertiary/aromatic N) is 2. The van der Waals surface area contributed by atoms with Crippen molar-refractivity contribution in [2.45, 2.75) is 32.6 Å². The number of nitrogens with one attached hydrogen (secondary N) is 1. The molecule has 17 heavy (non-hydrogen) atoms. The molecule has 1 saturated heterocycles. The summed E-state index contributed by atoms with van der Waals surface area (Å²) < 4.78 is 0. The van der Waals surface area contributed by atoms with Gasteiger partial charge in [-0.1, -0.05) is 13.3 Å². The highest BCUT2D eigenvalue weighted by Crippen LogP contribution is 2.17. The van der Waals surface area contributed by atoms with E-state index in [-0.39, 0.29) is 6.03 Å². The van der Waals surface area contributed by atoms with Gasteiger partial charge in [0.2, 0.25) is 0 Å². The highest BCUT2D eigenvalue weighted by Gasteiger charge is 2.22. The first-order chi connectivity index (χ1) is 8.13. The summed E-state index contributed by atoms with van der Waals surface area (Å²) >= 11 is 0. The van der Waals surface area contributed by atoms with E-state index in [9.17, 15) is 4.79 Å². The van der Waals surface area contributed by atoms with Crippen LogP contribution < -0.4 is 5.32 Å². The number of amides is 2. The van der Waals surface area contributed by atoms with Crippen LogP contribution in [0.15, 0.2) is 0 Å². The van der Waals surface area contributed by atoms with Crippen molar-refractivity contribution in [3.05, 3.63) is 0 Å². The smallest absolute Gasteiger partial charge is 0.317 e. The largest absolute Gasteiger partial charge is 0.338 e. The first kappa shape index (κ1) is 14.3. The summed E-state index contributed by atoms with van der Waals surface area (Å²) in [5.41, 5.74) is 0. The minimum absolute atomic E-state index is 0.127. The van der Waals surface area contributed by atoms with E-state index < -0.39 is 0 Å². The maximum Gasteiger partial charge on any atom is 0.317 e. The van der Waals surface area contributed by atoms with Crippen LogP contribution in [0.4, 0.5) is 4.79 Å². The quantitative estimate of drug-likeness (QED) is 0.745. The molecule has 1 aliphatic rings. The zero-order chi connectivity index (χ0) is 12.7. The van der Waals surface area contributed by atoms with Gasteiger partial charge in [0.15, 0.2) is 0 Å². The number of carbonyl (C=O) groups is 1. The van der Waals surface area contributed by atoms with Crippen LogP contribution in [0.25, 0.3) is 0 Å². The van der Waals surface area contributed by atoms with E-state index in [1.54, 1.807) is 0 Å². The Labute approximate surface area is 105 Å². The Bertz CT molecular complexity index is 223. The number of likely N-dealkylation sites (tertiary alicyclic amines) is 1. The predicted molar refractivity (Wildman–Crippen MR) is 71.2 cm³/mol. The Balaban J connectivity index is 2.19. The molecule has 0 aromatic carbocycles. The van der Waals surface area contributed by atoms with Gasteiger partial charge in [-0.25, -0.2) is 4.79 Å². The Morgan fingerprint density at radius 1 is 1.35 bits per heavy atom. The molecule has 0 aromatic heterocycles. The van der Waals surface area contributed by atoms with E-state index in [0.29, 0.717) is 0 Å². The molecule has 0 aromatic rings. The van der Waals surface area contributed by atoms with E-state index in [1.807, 2.05) is 4.90 Å². The molecule has 100 valence electrons. The van der Waals surface area contributed by atoms with Crippen molar-refractivity contribution >= 4 is 6.03 Å². The van der Waals surface area contributed by atoms with Crippen LogP contribution in [-0.2, 0) is 0 Å². The fourth-order valence-corrected chi connectivity index (χ4v) is 2.32. The minimum Gasteiger partial charge on any atom is -0.338 e. The van der Waals surface area contributed by atoms with Gasteiger partial charge < -0.3 is 15.1 Å². The van der Waals surface area contributed by atoms with Crippen LogP contribution in [0, 0.1) is 5.92 Å². The summed E-state index contributed by atoms with van der Waals surface area (Å²) in [6.45, 7) is 5.92. The highest BCUT2D eigenvalue weighted by molar-refractivity contribution is 5.74. The first-order valence-electron chi connectivity index (χ1n) is 6.81. The van der Waals surface area contributed by atoms with Crippen molar-refractivity contribution < 1.29 is 4.79 Å². The van der Waals surface area contributed by atoms with Gasteiger partial charge in [-0.15, -0.1) is 0 Å². The highest BCUT2D eigenvalue weighted by atomic mass is 16.2. The molecule has 1 N–H and O–H groups in total. The van der Waals surface area contributed by atoms with Gasteiger partial charge in [0.1, 0.15) is 0 Å². The van der Waals surface area contributed by atoms with Gasteiger partial charge in [-0.3, -0.25) is 0 Å². The average molecular weight is 241 g/mol. The number of hydrogen-bond acceptors (Lipinski definition) is 2. The number of hydrogen-bond donors (Lipinski definition) is 1. The summed E-state index contributed by atoms with van der Waals surface area (Å²) in [6, 6.07) is 0.127. The lowest BCUT2D eigenvalue weighted by Gasteiger charge is -2.33. The lowest BCUT2D eigenvalue weighted by molar-refractivity contribution is 0.159. The van der Waals surface area contributed by atoms with Crippen molar-refractivity contribution in [2.24, 2.45) is 5.92 Å². The maximum absolute atomic E-state index is 11.8. The molecular formula is C13H27N3O. The molecule has 1 fully saturated rings. The summed E-state index contributed by atoms with van der Waals surface area (Å²) in [4.78, 5) is 16.0. The van der Waals surface area contributed by atoms with Crippen molar-refractivity contribution in [1.29, 1.82) is 0 Å². The third kappa shape index (κ3) is 5.39. The van der Waals surface area contributed by atoms with Crippen LogP contribution in [-0.4, -0.2) is 56.1 Å². The van der Waals surface area contributed by atoms with E-state index in [1.165, 1.54) is 0 Å². The standard InChI is InChI=1S/C13H27N3O/c1-4-5-8-14-13(17)16-9-6-12(7-10-16)11-15(2)3/h12H,4-11H2,1-3H3,(H,14,17). The second kappa shape index (κ2) is 7.54. The Hall–Kier alpha value is -0.770. The van der Waals surface area contributed by atoms with Gasteiger partial charge in [-0.05, 0) is 39.3 Å². The fraction of sp³-hybridized carbons (Fsp3) is 0.923. The van der Waals surface area contributed by atoms with Crippen LogP contribution in [0.2, 0.25) is 0 Å². The summed E-state index contributed by atoms with van der Waals surface area (Å²) in [6.07, 6.45) is 4.48. The molecule has 2 amide bonds. The topological polar surface area (TPSA) is 35.6 Å². The molecule has 0 radical (unpaired) electrons. The molecule has 4 nitrogen and oxygen atoms in total. The molecule has 1 heterocycles. The normalized spacial score (nSPS) is 17.5. The van der Waals surface area contributed by atoms with Crippen LogP contribution in [0.3, 0.4) is 0 Å². The van der Waals surface area contributed by atoms with Gasteiger partial charge >= 0.3 is 6.03 Å². The molecule has 0 bridgehead atoms. The van der Waals surface area contributed by atoms with E-state index in [4.69, 9.17) is 0 Å². The zero-order valence-electron chi connectivity index (χ0n) is 11.5. The van der Waals surface area contributed by atoms with Crippen molar-refractivity contribution in [2.75, 3.05) is 40.3 Å². The molecule has 0 spiro atoms. The molecule has 1 rings (SSSR count). The zero-order valence-corrected chi connectivity index (χ0v) is 11.5. The Morgan fingerprint density at radius 2 is 2.00 bits per heavy atom. The molecule has 4 heteroatoms. The van der Waals surface area contributed by atoms with Crippen LogP contribution in [0.1, 0.15) is 32.6 Å². The Morgan fingerprint density at radius 3 is 2.53 bits per heavy atom. The van der Waals surface area contributed by atoms with E-state index >= 15 is 0 Å². The molecular weight excluding hydrogens is 214 g/mol. The van der Waals surface area contributed by atoms with E-state index in [0.717, 1.165) is 57.8 Å². The lowest BCUT2D eigenvalue weighted by atomic mass is 9.97. The van der Waals surface area contributed by atoms with Gasteiger partial charge in [0, 0.05) is 26.2 Å². The second-order valence-corrected chi connectivity index (χ2v) is 5.28. The number of unbranched alkanes of at least 4 members (excludes halogenated alkanes) is 1. The summed E-state index contributed by atoms with van der Waals surface area (Å²) in [5.74, 6) is 0.754. The number of carbonyl (C=O) groups excluding carboxylic acids is 1.